The molecule has 8 aromatic heterocycles. The molecule has 0 saturated heterocycles. The van der Waals surface area contributed by atoms with Crippen molar-refractivity contribution in [3.63, 3.8) is 0 Å². The van der Waals surface area contributed by atoms with Gasteiger partial charge in [0.2, 0.25) is 17.6 Å². The lowest BCUT2D eigenvalue weighted by molar-refractivity contribution is 0.0962. The lowest BCUT2D eigenvalue weighted by Crippen LogP contribution is -2.17. The van der Waals surface area contributed by atoms with Crippen molar-refractivity contribution in [2.75, 3.05) is 21.3 Å². The maximum absolute atomic E-state index is 11.6. The van der Waals surface area contributed by atoms with E-state index >= 15 is 0 Å². The number of rotatable bonds is 5. The molecule has 14 heteroatoms. The molecule has 3 N–H and O–H groups in total. The highest BCUT2D eigenvalue weighted by molar-refractivity contribution is 6.07. The number of carbonyl (C=O) groups is 1. The largest absolute Gasteiger partial charge is 0.481 e. The van der Waals surface area contributed by atoms with E-state index in [1.165, 1.54) is 0 Å². The number of carbonyl (C=O) groups excluding carboxylic acids is 1. The van der Waals surface area contributed by atoms with Crippen LogP contribution in [0.5, 0.6) is 11.8 Å². The second-order valence-corrected chi connectivity index (χ2v) is 10.4. The maximum atomic E-state index is 11.6. The van der Waals surface area contributed by atoms with Crippen LogP contribution in [0, 0.1) is 11.3 Å². The molecule has 0 fully saturated rings. The maximum Gasteiger partial charge on any atom is 0.252 e. The third-order valence-electron chi connectivity index (χ3n) is 7.62. The van der Waals surface area contributed by atoms with Crippen molar-refractivity contribution in [2.45, 2.75) is 0 Å². The lowest BCUT2D eigenvalue weighted by atomic mass is 10.1. The Hall–Kier alpha value is -7.01. The quantitative estimate of drug-likeness (QED) is 0.231. The average Bonchev–Trinajstić information content (AvgIpc) is 3.71. The average molecular weight is 636 g/mol. The predicted molar refractivity (Wildman–Crippen MR) is 178 cm³/mol. The zero-order valence-electron chi connectivity index (χ0n) is 25.8. The molecule has 8 aromatic rings. The summed E-state index contributed by atoms with van der Waals surface area (Å²) in [7, 11) is 4.75. The Kier molecular flexibility index (Phi) is 7.68. The summed E-state index contributed by atoms with van der Waals surface area (Å²) in [5, 5.41) is 15.3. The Morgan fingerprint density at radius 3 is 1.77 bits per heavy atom. The SMILES string of the molecule is CNC(=O)c1ccc(-c2ccc3c(n2)[nH]c2cc(OC)ncc23)nc1.COc1cc2[nH]c3nc(-c4cnc(C#N)nc4)ccc3c2cn1. The Morgan fingerprint density at radius 1 is 0.688 bits per heavy atom. The molecule has 0 saturated carbocycles. The summed E-state index contributed by atoms with van der Waals surface area (Å²) in [6, 6.07) is 16.8. The van der Waals surface area contributed by atoms with Gasteiger partial charge in [-0.1, -0.05) is 0 Å². The Morgan fingerprint density at radius 2 is 1.25 bits per heavy atom. The first-order chi connectivity index (χ1) is 23.5. The molecule has 234 valence electrons. The molecule has 14 nitrogen and oxygen atoms in total. The fourth-order valence-corrected chi connectivity index (χ4v) is 5.18. The number of hydrogen-bond acceptors (Lipinski definition) is 11. The summed E-state index contributed by atoms with van der Waals surface area (Å²) in [4.78, 5) is 48.1. The van der Waals surface area contributed by atoms with Crippen molar-refractivity contribution >= 4 is 49.8 Å². The van der Waals surface area contributed by atoms with Crippen molar-refractivity contribution in [2.24, 2.45) is 0 Å². The molecule has 8 rings (SSSR count). The molecule has 1 amide bonds. The van der Waals surface area contributed by atoms with E-state index in [1.54, 1.807) is 64.4 Å². The number of nitrogens with one attached hydrogen (secondary N) is 3. The number of hydrogen-bond donors (Lipinski definition) is 3. The van der Waals surface area contributed by atoms with Crippen LogP contribution in [0.2, 0.25) is 0 Å². The zero-order valence-corrected chi connectivity index (χ0v) is 25.8. The summed E-state index contributed by atoms with van der Waals surface area (Å²) < 4.78 is 10.3. The second kappa shape index (κ2) is 12.4. The molecule has 48 heavy (non-hydrogen) atoms. The van der Waals surface area contributed by atoms with Crippen LogP contribution < -0.4 is 14.8 Å². The van der Waals surface area contributed by atoms with Crippen LogP contribution in [-0.4, -0.2) is 72.0 Å². The number of amides is 1. The third kappa shape index (κ3) is 5.52. The monoisotopic (exact) mass is 635 g/mol. The topological polar surface area (TPSA) is 193 Å². The van der Waals surface area contributed by atoms with E-state index < -0.39 is 0 Å². The van der Waals surface area contributed by atoms with Crippen LogP contribution in [0.25, 0.3) is 66.5 Å². The molecule has 0 atom stereocenters. The summed E-state index contributed by atoms with van der Waals surface area (Å²) in [6.07, 6.45) is 8.25. The highest BCUT2D eigenvalue weighted by Gasteiger charge is 2.12. The molecular formula is C34H25N11O3. The van der Waals surface area contributed by atoms with E-state index in [0.29, 0.717) is 23.0 Å². The first-order valence-electron chi connectivity index (χ1n) is 14.5. The minimum Gasteiger partial charge on any atom is -0.481 e. The van der Waals surface area contributed by atoms with E-state index in [0.717, 1.165) is 60.8 Å². The van der Waals surface area contributed by atoms with Crippen molar-refractivity contribution in [1.82, 2.24) is 50.2 Å². The third-order valence-corrected chi connectivity index (χ3v) is 7.62. The first kappa shape index (κ1) is 29.7. The van der Waals surface area contributed by atoms with Crippen LogP contribution >= 0.6 is 0 Å². The molecule has 0 aliphatic heterocycles. The van der Waals surface area contributed by atoms with Crippen molar-refractivity contribution < 1.29 is 14.3 Å². The highest BCUT2D eigenvalue weighted by Crippen LogP contribution is 2.29. The van der Waals surface area contributed by atoms with Gasteiger partial charge in [0, 0.05) is 77.3 Å². The normalized spacial score (nSPS) is 10.9. The molecule has 0 aliphatic rings. The number of methoxy groups -OCH3 is 2. The van der Waals surface area contributed by atoms with E-state index in [-0.39, 0.29) is 11.7 Å². The molecule has 0 radical (unpaired) electrons. The minimum absolute atomic E-state index is 0.138. The van der Waals surface area contributed by atoms with Crippen molar-refractivity contribution in [3.05, 3.63) is 90.9 Å². The Labute approximate surface area is 271 Å². The number of aromatic nitrogens is 9. The van der Waals surface area contributed by atoms with Crippen LogP contribution in [-0.2, 0) is 0 Å². The number of ether oxygens (including phenoxy) is 2. The number of fused-ring (bicyclic) bond motifs is 6. The van der Waals surface area contributed by atoms with Gasteiger partial charge in [0.15, 0.2) is 0 Å². The van der Waals surface area contributed by atoms with Gasteiger partial charge in [-0.15, -0.1) is 0 Å². The van der Waals surface area contributed by atoms with Gasteiger partial charge >= 0.3 is 0 Å². The molecular weight excluding hydrogens is 610 g/mol. The van der Waals surface area contributed by atoms with Gasteiger partial charge < -0.3 is 24.8 Å². The van der Waals surface area contributed by atoms with E-state index in [1.807, 2.05) is 42.5 Å². The minimum atomic E-state index is -0.167. The molecule has 8 heterocycles. The summed E-state index contributed by atoms with van der Waals surface area (Å²) >= 11 is 0. The van der Waals surface area contributed by atoms with Crippen LogP contribution in [0.3, 0.4) is 0 Å². The zero-order chi connectivity index (χ0) is 33.2. The summed E-state index contributed by atoms with van der Waals surface area (Å²) in [6.45, 7) is 0. The number of nitriles is 1. The van der Waals surface area contributed by atoms with E-state index in [9.17, 15) is 4.79 Å². The van der Waals surface area contributed by atoms with Gasteiger partial charge in [0.25, 0.3) is 5.91 Å². The van der Waals surface area contributed by atoms with Gasteiger partial charge in [0.05, 0.1) is 47.9 Å². The van der Waals surface area contributed by atoms with Crippen LogP contribution in [0.4, 0.5) is 0 Å². The number of aromatic amines is 2. The first-order valence-corrected chi connectivity index (χ1v) is 14.5. The summed E-state index contributed by atoms with van der Waals surface area (Å²) in [5.74, 6) is 1.06. The fourth-order valence-electron chi connectivity index (χ4n) is 5.18. The number of nitrogens with zero attached hydrogens (tertiary/aromatic N) is 8. The van der Waals surface area contributed by atoms with E-state index in [2.05, 4.69) is 50.2 Å². The smallest absolute Gasteiger partial charge is 0.252 e. The van der Waals surface area contributed by atoms with Crippen LogP contribution in [0.1, 0.15) is 16.2 Å². The lowest BCUT2D eigenvalue weighted by Gasteiger charge is -2.02. The van der Waals surface area contributed by atoms with E-state index in [4.69, 9.17) is 14.7 Å². The molecule has 0 unspecified atom stereocenters. The van der Waals surface area contributed by atoms with Crippen molar-refractivity contribution in [3.8, 4) is 40.5 Å². The summed E-state index contributed by atoms with van der Waals surface area (Å²) in [5.41, 5.74) is 6.73. The van der Waals surface area contributed by atoms with Crippen LogP contribution in [0.15, 0.2) is 79.5 Å². The molecule has 0 aliphatic carbocycles. The van der Waals surface area contributed by atoms with Gasteiger partial charge in [0.1, 0.15) is 17.4 Å². The van der Waals surface area contributed by atoms with Gasteiger partial charge in [-0.05, 0) is 36.4 Å². The molecule has 0 spiro atoms. The standard InChI is InChI=1S/C18H15N5O2.C16H10N6O/c1-19-18(24)10-3-5-13(20-8-10)14-6-4-11-12-9-21-16(25-2)7-15(12)23-17(11)22-14;1-23-15-4-13-11(8-20-15)10-2-3-12(21-16(10)22-13)9-6-18-14(5-17)19-7-9/h3-9H,1-2H3,(H,19,24)(H,22,23);2-4,6-8H,1H3,(H,21,22). The predicted octanol–water partition coefficient (Wildman–Crippen LogP) is 4.99. The van der Waals surface area contributed by atoms with Gasteiger partial charge in [-0.2, -0.15) is 5.26 Å². The Balaban J connectivity index is 0.000000152. The van der Waals surface area contributed by atoms with Crippen molar-refractivity contribution in [1.29, 1.82) is 5.26 Å². The fraction of sp³-hybridized carbons (Fsp3) is 0.0882. The van der Waals surface area contributed by atoms with Gasteiger partial charge in [-0.25, -0.2) is 29.9 Å². The van der Waals surface area contributed by atoms with Gasteiger partial charge in [-0.3, -0.25) is 9.78 Å². The number of pyridine rings is 5. The molecule has 0 aromatic carbocycles. The second-order valence-electron chi connectivity index (χ2n) is 10.4. The Bertz CT molecular complexity index is 2500. The molecule has 0 bridgehead atoms. The highest BCUT2D eigenvalue weighted by atomic mass is 16.5. The number of H-pyrrole nitrogens is 2.